The second kappa shape index (κ2) is 6.90. The van der Waals surface area contributed by atoms with Crippen LogP contribution in [0, 0.1) is 0 Å². The van der Waals surface area contributed by atoms with Crippen molar-refractivity contribution in [3.8, 4) is 0 Å². The molecular weight excluding hydrogens is 344 g/mol. The minimum absolute atomic E-state index is 0.0170. The number of carbonyl (C=O) groups is 2. The first-order valence-corrected chi connectivity index (χ1v) is 9.11. The monoisotopic (exact) mass is 366 g/mol. The number of aromatic carboxylic acids is 1. The molecule has 1 amide bonds. The highest BCUT2D eigenvalue weighted by Gasteiger charge is 2.26. The molecule has 3 heterocycles. The van der Waals surface area contributed by atoms with Crippen molar-refractivity contribution in [2.24, 2.45) is 7.05 Å². The third-order valence-electron chi connectivity index (χ3n) is 5.29. The van der Waals surface area contributed by atoms with Crippen molar-refractivity contribution in [3.05, 3.63) is 54.0 Å². The molecule has 1 atom stereocenters. The summed E-state index contributed by atoms with van der Waals surface area (Å²) in [7, 11) is 1.99. The van der Waals surface area contributed by atoms with Gasteiger partial charge in [-0.15, -0.1) is 0 Å². The summed E-state index contributed by atoms with van der Waals surface area (Å²) < 4.78 is 3.73. The van der Waals surface area contributed by atoms with Gasteiger partial charge in [0, 0.05) is 43.4 Å². The standard InChI is InChI=1S/C20H22N4O3/c1-22-11-14(17-6-2-3-7-18(17)22)9-19(25)23-8-4-5-16(13-23)24-12-15(10-21-24)20(26)27/h2-3,6-7,10-12,16H,4-5,8-9,13H2,1H3,(H,26,27)/t16-/m0/s1. The number of aryl methyl sites for hydroxylation is 1. The first-order chi connectivity index (χ1) is 13.0. The number of carboxylic acids is 1. The van der Waals surface area contributed by atoms with E-state index in [-0.39, 0.29) is 17.5 Å². The van der Waals surface area contributed by atoms with Crippen LogP contribution in [-0.2, 0) is 18.3 Å². The summed E-state index contributed by atoms with van der Waals surface area (Å²) in [6.07, 6.45) is 7.07. The third kappa shape index (κ3) is 3.32. The van der Waals surface area contributed by atoms with E-state index in [0.717, 1.165) is 35.9 Å². The minimum Gasteiger partial charge on any atom is -0.478 e. The van der Waals surface area contributed by atoms with Crippen molar-refractivity contribution in [1.82, 2.24) is 19.2 Å². The summed E-state index contributed by atoms with van der Waals surface area (Å²) in [5, 5.41) is 14.4. The predicted molar refractivity (Wildman–Crippen MR) is 101 cm³/mol. The van der Waals surface area contributed by atoms with Crippen LogP contribution in [0.4, 0.5) is 0 Å². The topological polar surface area (TPSA) is 80.4 Å². The summed E-state index contributed by atoms with van der Waals surface area (Å²) in [6.45, 7) is 1.29. The van der Waals surface area contributed by atoms with Gasteiger partial charge in [0.25, 0.3) is 0 Å². The molecule has 1 saturated heterocycles. The maximum absolute atomic E-state index is 12.9. The van der Waals surface area contributed by atoms with Crippen LogP contribution in [0.3, 0.4) is 0 Å². The molecule has 27 heavy (non-hydrogen) atoms. The van der Waals surface area contributed by atoms with Crippen LogP contribution in [0.2, 0.25) is 0 Å². The van der Waals surface area contributed by atoms with E-state index < -0.39 is 5.97 Å². The SMILES string of the molecule is Cn1cc(CC(=O)N2CCC[C@H](n3cc(C(=O)O)cn3)C2)c2ccccc21. The number of para-hydroxylation sites is 1. The molecule has 0 unspecified atom stereocenters. The van der Waals surface area contributed by atoms with Gasteiger partial charge in [0.1, 0.15) is 0 Å². The molecule has 1 aromatic carbocycles. The maximum Gasteiger partial charge on any atom is 0.338 e. The highest BCUT2D eigenvalue weighted by atomic mass is 16.4. The first kappa shape index (κ1) is 17.3. The van der Waals surface area contributed by atoms with Crippen LogP contribution in [-0.4, -0.2) is 49.3 Å². The maximum atomic E-state index is 12.9. The summed E-state index contributed by atoms with van der Waals surface area (Å²) in [4.78, 5) is 25.8. The molecule has 0 aliphatic carbocycles. The lowest BCUT2D eigenvalue weighted by Gasteiger charge is -2.33. The van der Waals surface area contributed by atoms with Crippen molar-refractivity contribution in [3.63, 3.8) is 0 Å². The van der Waals surface area contributed by atoms with Gasteiger partial charge in [0.15, 0.2) is 0 Å². The van der Waals surface area contributed by atoms with Crippen LogP contribution in [0.5, 0.6) is 0 Å². The lowest BCUT2D eigenvalue weighted by Crippen LogP contribution is -2.41. The highest BCUT2D eigenvalue weighted by molar-refractivity contribution is 5.89. The molecule has 1 N–H and O–H groups in total. The first-order valence-electron chi connectivity index (χ1n) is 9.11. The Labute approximate surface area is 156 Å². The molecule has 4 rings (SSSR count). The van der Waals surface area contributed by atoms with E-state index in [1.807, 2.05) is 40.9 Å². The zero-order valence-corrected chi connectivity index (χ0v) is 15.2. The predicted octanol–water partition coefficient (Wildman–Crippen LogP) is 2.48. The number of aromatic nitrogens is 3. The molecule has 1 fully saturated rings. The second-order valence-corrected chi connectivity index (χ2v) is 7.11. The van der Waals surface area contributed by atoms with E-state index in [4.69, 9.17) is 5.11 Å². The number of carboxylic acid groups (broad SMARTS) is 1. The molecule has 140 valence electrons. The van der Waals surface area contributed by atoms with Crippen molar-refractivity contribution in [1.29, 1.82) is 0 Å². The number of carbonyl (C=O) groups excluding carboxylic acids is 1. The van der Waals surface area contributed by atoms with Crippen molar-refractivity contribution >= 4 is 22.8 Å². The van der Waals surface area contributed by atoms with Crippen LogP contribution in [0.1, 0.15) is 34.8 Å². The number of benzene rings is 1. The van der Waals surface area contributed by atoms with Gasteiger partial charge >= 0.3 is 5.97 Å². The molecule has 0 radical (unpaired) electrons. The Morgan fingerprint density at radius 3 is 2.85 bits per heavy atom. The number of fused-ring (bicyclic) bond motifs is 1. The number of likely N-dealkylation sites (tertiary alicyclic amines) is 1. The fourth-order valence-corrected chi connectivity index (χ4v) is 3.89. The summed E-state index contributed by atoms with van der Waals surface area (Å²) in [6, 6.07) is 8.11. The Morgan fingerprint density at radius 2 is 2.07 bits per heavy atom. The molecular formula is C20H22N4O3. The van der Waals surface area contributed by atoms with E-state index in [9.17, 15) is 9.59 Å². The summed E-state index contributed by atoms with van der Waals surface area (Å²) in [5.74, 6) is -0.886. The number of piperidine rings is 1. The van der Waals surface area contributed by atoms with E-state index in [0.29, 0.717) is 13.0 Å². The summed E-state index contributed by atoms with van der Waals surface area (Å²) in [5.41, 5.74) is 2.33. The molecule has 1 aliphatic rings. The summed E-state index contributed by atoms with van der Waals surface area (Å²) >= 11 is 0. The van der Waals surface area contributed by atoms with Gasteiger partial charge in [-0.25, -0.2) is 4.79 Å². The van der Waals surface area contributed by atoms with Crippen LogP contribution in [0.15, 0.2) is 42.9 Å². The Hall–Kier alpha value is -3.09. The largest absolute Gasteiger partial charge is 0.478 e. The highest BCUT2D eigenvalue weighted by Crippen LogP contribution is 2.24. The zero-order chi connectivity index (χ0) is 19.0. The molecule has 3 aromatic rings. The number of rotatable bonds is 4. The van der Waals surface area contributed by atoms with Gasteiger partial charge in [-0.05, 0) is 24.5 Å². The lowest BCUT2D eigenvalue weighted by molar-refractivity contribution is -0.132. The number of nitrogens with zero attached hydrogens (tertiary/aromatic N) is 4. The zero-order valence-electron chi connectivity index (χ0n) is 15.2. The molecule has 0 saturated carbocycles. The Bertz CT molecular complexity index is 1000. The van der Waals surface area contributed by atoms with Crippen molar-refractivity contribution in [2.45, 2.75) is 25.3 Å². The van der Waals surface area contributed by atoms with E-state index in [1.54, 1.807) is 10.9 Å². The van der Waals surface area contributed by atoms with E-state index in [1.165, 1.54) is 6.20 Å². The number of hydrogen-bond acceptors (Lipinski definition) is 3. The molecule has 0 bridgehead atoms. The minimum atomic E-state index is -0.985. The van der Waals surface area contributed by atoms with E-state index >= 15 is 0 Å². The van der Waals surface area contributed by atoms with Crippen molar-refractivity contribution < 1.29 is 14.7 Å². The molecule has 7 nitrogen and oxygen atoms in total. The molecule has 7 heteroatoms. The average Bonchev–Trinajstić information content (AvgIpc) is 3.28. The number of hydrogen-bond donors (Lipinski definition) is 1. The fourth-order valence-electron chi connectivity index (χ4n) is 3.89. The van der Waals surface area contributed by atoms with Gasteiger partial charge < -0.3 is 14.6 Å². The Balaban J connectivity index is 1.49. The van der Waals surface area contributed by atoms with E-state index in [2.05, 4.69) is 11.2 Å². The van der Waals surface area contributed by atoms with Crippen LogP contribution < -0.4 is 0 Å². The second-order valence-electron chi connectivity index (χ2n) is 7.11. The average molecular weight is 366 g/mol. The Morgan fingerprint density at radius 1 is 1.26 bits per heavy atom. The smallest absolute Gasteiger partial charge is 0.338 e. The molecule has 0 spiro atoms. The fraction of sp³-hybridized carbons (Fsp3) is 0.350. The van der Waals surface area contributed by atoms with Crippen LogP contribution in [0.25, 0.3) is 10.9 Å². The Kier molecular flexibility index (Phi) is 4.43. The van der Waals surface area contributed by atoms with Gasteiger partial charge in [-0.3, -0.25) is 9.48 Å². The van der Waals surface area contributed by atoms with Gasteiger partial charge in [0.05, 0.1) is 24.2 Å². The normalized spacial score (nSPS) is 17.4. The molecule has 1 aliphatic heterocycles. The van der Waals surface area contributed by atoms with Crippen LogP contribution >= 0.6 is 0 Å². The molecule has 2 aromatic heterocycles. The third-order valence-corrected chi connectivity index (χ3v) is 5.29. The van der Waals surface area contributed by atoms with Gasteiger partial charge in [0.2, 0.25) is 5.91 Å². The van der Waals surface area contributed by atoms with Gasteiger partial charge in [-0.2, -0.15) is 5.10 Å². The lowest BCUT2D eigenvalue weighted by atomic mass is 10.0. The number of amides is 1. The van der Waals surface area contributed by atoms with Gasteiger partial charge in [-0.1, -0.05) is 18.2 Å². The van der Waals surface area contributed by atoms with Crippen molar-refractivity contribution in [2.75, 3.05) is 13.1 Å². The quantitative estimate of drug-likeness (QED) is 0.769.